The summed E-state index contributed by atoms with van der Waals surface area (Å²) in [4.78, 5) is 9.75. The van der Waals surface area contributed by atoms with Gasteiger partial charge in [-0.2, -0.15) is 0 Å². The number of hydrogen-bond donors (Lipinski definition) is 0. The van der Waals surface area contributed by atoms with E-state index in [-0.39, 0.29) is 0 Å². The lowest BCUT2D eigenvalue weighted by Crippen LogP contribution is -2.63. The van der Waals surface area contributed by atoms with E-state index >= 15 is 0 Å². The minimum absolute atomic E-state index is 0.377. The number of benzene rings is 1. The van der Waals surface area contributed by atoms with E-state index in [0.29, 0.717) is 17.6 Å². The van der Waals surface area contributed by atoms with Crippen molar-refractivity contribution < 1.29 is 4.74 Å². The third-order valence-corrected chi connectivity index (χ3v) is 6.88. The highest BCUT2D eigenvalue weighted by molar-refractivity contribution is 5.41. The summed E-state index contributed by atoms with van der Waals surface area (Å²) in [5.41, 5.74) is 4.52. The smallest absolute Gasteiger partial charge is 0.127 e. The Labute approximate surface area is 168 Å². The number of likely N-dealkylation sites (tertiary alicyclic amines) is 1. The Kier molecular flexibility index (Phi) is 4.64. The summed E-state index contributed by atoms with van der Waals surface area (Å²) in [6, 6.07) is 13.3. The zero-order valence-electron chi connectivity index (χ0n) is 17.1. The third-order valence-electron chi connectivity index (χ3n) is 6.88. The van der Waals surface area contributed by atoms with Crippen molar-refractivity contribution in [3.05, 3.63) is 59.4 Å². The second kappa shape index (κ2) is 7.16. The maximum absolute atomic E-state index is 6.56. The fraction of sp³-hybridized carbons (Fsp3) is 0.542. The molecule has 1 aromatic heterocycles. The first kappa shape index (κ1) is 18.1. The molecule has 4 nitrogen and oxygen atoms in total. The topological polar surface area (TPSA) is 28.6 Å². The van der Waals surface area contributed by atoms with Gasteiger partial charge in [-0.25, -0.2) is 0 Å². The number of nitrogens with zero attached hydrogens (tertiary/aromatic N) is 3. The van der Waals surface area contributed by atoms with E-state index < -0.39 is 0 Å². The number of hydrogen-bond acceptors (Lipinski definition) is 4. The molecule has 1 atom stereocenters. The first-order valence-corrected chi connectivity index (χ1v) is 10.8. The summed E-state index contributed by atoms with van der Waals surface area (Å²) in [7, 11) is 2.21. The zero-order chi connectivity index (χ0) is 19.1. The molecule has 2 fully saturated rings. The fourth-order valence-corrected chi connectivity index (χ4v) is 5.74. The third kappa shape index (κ3) is 3.23. The van der Waals surface area contributed by atoms with Gasteiger partial charge in [0.05, 0.1) is 11.8 Å². The minimum Gasteiger partial charge on any atom is -0.490 e. The molecule has 1 saturated carbocycles. The molecule has 1 aliphatic carbocycles. The van der Waals surface area contributed by atoms with E-state index in [4.69, 9.17) is 9.72 Å². The number of fused-ring (bicyclic) bond motifs is 1. The van der Waals surface area contributed by atoms with Crippen molar-refractivity contribution >= 4 is 0 Å². The Bertz CT molecular complexity index is 823. The van der Waals surface area contributed by atoms with Crippen molar-refractivity contribution in [1.29, 1.82) is 0 Å². The van der Waals surface area contributed by atoms with Gasteiger partial charge in [0, 0.05) is 55.8 Å². The molecule has 2 aromatic rings. The maximum atomic E-state index is 6.56. The van der Waals surface area contributed by atoms with Crippen LogP contribution in [0.1, 0.15) is 49.0 Å². The van der Waals surface area contributed by atoms with Gasteiger partial charge >= 0.3 is 0 Å². The van der Waals surface area contributed by atoms with Gasteiger partial charge in [-0.15, -0.1) is 0 Å². The van der Waals surface area contributed by atoms with Crippen molar-refractivity contribution in [2.75, 3.05) is 26.7 Å². The van der Waals surface area contributed by atoms with Crippen LogP contribution in [-0.4, -0.2) is 47.6 Å². The summed E-state index contributed by atoms with van der Waals surface area (Å²) in [5.74, 6) is 1.09. The Morgan fingerprint density at radius 1 is 1.14 bits per heavy atom. The Morgan fingerprint density at radius 2 is 1.93 bits per heavy atom. The Balaban J connectivity index is 1.34. The van der Waals surface area contributed by atoms with Crippen LogP contribution >= 0.6 is 0 Å². The van der Waals surface area contributed by atoms with Crippen molar-refractivity contribution in [1.82, 2.24) is 14.8 Å². The zero-order valence-corrected chi connectivity index (χ0v) is 17.1. The molecule has 1 aromatic carbocycles. The standard InChI is InChI=1S/C24H31N3O/c1-3-21-23-20(10-12-27(21)15-18-7-5-4-6-8-18)25-11-9-22(23)28-19-13-24(14-19)16-26(2)17-24/h4-9,11,19,21H,3,10,12-17H2,1-2H3. The SMILES string of the molecule is CCC1c2c(OC3CC4(C3)CN(C)C4)ccnc2CCN1Cc1ccccc1. The summed E-state index contributed by atoms with van der Waals surface area (Å²) in [5, 5.41) is 0. The van der Waals surface area contributed by atoms with E-state index in [1.54, 1.807) is 0 Å². The van der Waals surface area contributed by atoms with Crippen molar-refractivity contribution in [3.63, 3.8) is 0 Å². The second-order valence-corrected chi connectivity index (χ2v) is 9.12. The largest absolute Gasteiger partial charge is 0.490 e. The average Bonchev–Trinajstić information content (AvgIpc) is 2.66. The molecule has 5 rings (SSSR count). The van der Waals surface area contributed by atoms with E-state index in [2.05, 4.69) is 60.2 Å². The number of ether oxygens (including phenoxy) is 1. The van der Waals surface area contributed by atoms with Crippen molar-refractivity contribution in [2.45, 2.75) is 51.3 Å². The molecule has 0 radical (unpaired) electrons. The Morgan fingerprint density at radius 3 is 2.64 bits per heavy atom. The van der Waals surface area contributed by atoms with Crippen LogP contribution in [0.4, 0.5) is 0 Å². The molecule has 148 valence electrons. The highest BCUT2D eigenvalue weighted by Crippen LogP contribution is 2.50. The molecule has 2 aliphatic heterocycles. The lowest BCUT2D eigenvalue weighted by molar-refractivity contribution is -0.109. The quantitative estimate of drug-likeness (QED) is 0.786. The van der Waals surface area contributed by atoms with Crippen LogP contribution in [0.25, 0.3) is 0 Å². The molecule has 3 aliphatic rings. The first-order chi connectivity index (χ1) is 13.7. The highest BCUT2D eigenvalue weighted by Gasteiger charge is 2.52. The van der Waals surface area contributed by atoms with Gasteiger partial charge in [-0.05, 0) is 37.9 Å². The highest BCUT2D eigenvalue weighted by atomic mass is 16.5. The van der Waals surface area contributed by atoms with Gasteiger partial charge in [-0.3, -0.25) is 9.88 Å². The van der Waals surface area contributed by atoms with E-state index in [0.717, 1.165) is 31.7 Å². The van der Waals surface area contributed by atoms with Gasteiger partial charge in [0.2, 0.25) is 0 Å². The van der Waals surface area contributed by atoms with Crippen LogP contribution in [-0.2, 0) is 13.0 Å². The van der Waals surface area contributed by atoms with Gasteiger partial charge in [0.15, 0.2) is 0 Å². The summed E-state index contributed by atoms with van der Waals surface area (Å²) in [6.45, 7) is 6.83. The molecule has 4 heteroatoms. The molecule has 3 heterocycles. The summed E-state index contributed by atoms with van der Waals surface area (Å²) in [6.07, 6.45) is 6.83. The molecule has 0 amide bonds. The van der Waals surface area contributed by atoms with Gasteiger partial charge in [-0.1, -0.05) is 37.3 Å². The maximum Gasteiger partial charge on any atom is 0.127 e. The van der Waals surface area contributed by atoms with Crippen LogP contribution in [0.5, 0.6) is 5.75 Å². The molecular formula is C24H31N3O. The molecule has 1 unspecified atom stereocenters. The average molecular weight is 378 g/mol. The minimum atomic E-state index is 0.377. The van der Waals surface area contributed by atoms with Crippen LogP contribution in [0.2, 0.25) is 0 Å². The molecule has 1 spiro atoms. The number of rotatable bonds is 5. The van der Waals surface area contributed by atoms with E-state index in [9.17, 15) is 0 Å². The Hall–Kier alpha value is -1.91. The molecule has 0 N–H and O–H groups in total. The lowest BCUT2D eigenvalue weighted by atomic mass is 9.62. The molecular weight excluding hydrogens is 346 g/mol. The van der Waals surface area contributed by atoms with Gasteiger partial charge in [0.1, 0.15) is 5.75 Å². The number of aromatic nitrogens is 1. The van der Waals surface area contributed by atoms with Crippen molar-refractivity contribution in [2.24, 2.45) is 5.41 Å². The van der Waals surface area contributed by atoms with Gasteiger partial charge in [0.25, 0.3) is 0 Å². The first-order valence-electron chi connectivity index (χ1n) is 10.8. The molecule has 0 bridgehead atoms. The second-order valence-electron chi connectivity index (χ2n) is 9.12. The molecule has 28 heavy (non-hydrogen) atoms. The van der Waals surface area contributed by atoms with Crippen molar-refractivity contribution in [3.8, 4) is 5.75 Å². The van der Waals surface area contributed by atoms with E-state index in [1.165, 1.54) is 42.8 Å². The predicted molar refractivity (Wildman–Crippen MR) is 111 cm³/mol. The summed E-state index contributed by atoms with van der Waals surface area (Å²) >= 11 is 0. The summed E-state index contributed by atoms with van der Waals surface area (Å²) < 4.78 is 6.56. The van der Waals surface area contributed by atoms with E-state index in [1.807, 2.05) is 6.20 Å². The monoisotopic (exact) mass is 377 g/mol. The van der Waals surface area contributed by atoms with Gasteiger partial charge < -0.3 is 9.64 Å². The van der Waals surface area contributed by atoms with Crippen LogP contribution in [0.3, 0.4) is 0 Å². The predicted octanol–water partition coefficient (Wildman–Crippen LogP) is 4.06. The number of pyridine rings is 1. The van der Waals surface area contributed by atoms with Crippen LogP contribution < -0.4 is 4.74 Å². The molecule has 1 saturated heterocycles. The van der Waals surface area contributed by atoms with Crippen LogP contribution in [0, 0.1) is 5.41 Å². The fourth-order valence-electron chi connectivity index (χ4n) is 5.74. The normalized spacial score (nSPS) is 24.4. The lowest BCUT2D eigenvalue weighted by Gasteiger charge is -2.57. The van der Waals surface area contributed by atoms with Crippen LogP contribution in [0.15, 0.2) is 42.6 Å².